The lowest BCUT2D eigenvalue weighted by Crippen LogP contribution is -2.32. The molecule has 1 aromatic heterocycles. The molecule has 1 saturated heterocycles. The lowest BCUT2D eigenvalue weighted by molar-refractivity contribution is 0.0722. The van der Waals surface area contributed by atoms with E-state index in [9.17, 15) is 4.79 Å². The quantitative estimate of drug-likeness (QED) is 0.872. The van der Waals surface area contributed by atoms with Gasteiger partial charge in [-0.15, -0.1) is 10.2 Å². The maximum absolute atomic E-state index is 12.4. The Labute approximate surface area is 129 Å². The summed E-state index contributed by atoms with van der Waals surface area (Å²) < 4.78 is 10.7. The van der Waals surface area contributed by atoms with Gasteiger partial charge in [0.1, 0.15) is 5.75 Å². The van der Waals surface area contributed by atoms with E-state index in [1.165, 1.54) is 12.8 Å². The average molecular weight is 301 g/mol. The first kappa shape index (κ1) is 14.6. The van der Waals surface area contributed by atoms with Crippen LogP contribution in [0.4, 0.5) is 0 Å². The molecular formula is C16H19N3O3. The minimum Gasteiger partial charge on any atom is -0.497 e. The first-order valence-electron chi connectivity index (χ1n) is 7.55. The molecule has 1 fully saturated rings. The van der Waals surface area contributed by atoms with E-state index in [1.54, 1.807) is 12.0 Å². The molecule has 0 unspecified atom stereocenters. The molecule has 0 saturated carbocycles. The standard InChI is InChI=1S/C16H19N3O3/c1-21-13-8-6-12(7-9-13)14-17-18-15(22-14)16(20)19-10-4-2-3-5-11-19/h6-9H,2-5,10-11H2,1H3. The second kappa shape index (κ2) is 6.60. The average Bonchev–Trinajstić information content (AvgIpc) is 2.90. The number of ether oxygens (including phenoxy) is 1. The number of carbonyl (C=O) groups is 1. The van der Waals surface area contributed by atoms with Crippen molar-refractivity contribution >= 4 is 5.91 Å². The molecule has 22 heavy (non-hydrogen) atoms. The number of benzene rings is 1. The van der Waals surface area contributed by atoms with Crippen LogP contribution >= 0.6 is 0 Å². The third-order valence-electron chi connectivity index (χ3n) is 3.84. The van der Waals surface area contributed by atoms with E-state index >= 15 is 0 Å². The smallest absolute Gasteiger partial charge is 0.311 e. The van der Waals surface area contributed by atoms with E-state index < -0.39 is 0 Å². The third kappa shape index (κ3) is 3.10. The molecule has 2 heterocycles. The zero-order chi connectivity index (χ0) is 15.4. The van der Waals surface area contributed by atoms with Gasteiger partial charge in [-0.1, -0.05) is 12.8 Å². The Morgan fingerprint density at radius 1 is 1.09 bits per heavy atom. The van der Waals surface area contributed by atoms with Crippen LogP contribution in [-0.4, -0.2) is 41.2 Å². The molecule has 1 aromatic carbocycles. The van der Waals surface area contributed by atoms with E-state index in [1.807, 2.05) is 24.3 Å². The van der Waals surface area contributed by atoms with E-state index in [0.717, 1.165) is 37.2 Å². The molecule has 1 amide bonds. The van der Waals surface area contributed by atoms with Crippen molar-refractivity contribution in [2.45, 2.75) is 25.7 Å². The first-order chi connectivity index (χ1) is 10.8. The molecule has 6 heteroatoms. The van der Waals surface area contributed by atoms with E-state index in [0.29, 0.717) is 5.89 Å². The number of hydrogen-bond acceptors (Lipinski definition) is 5. The van der Waals surface area contributed by atoms with Crippen molar-refractivity contribution in [3.63, 3.8) is 0 Å². The van der Waals surface area contributed by atoms with Crippen LogP contribution < -0.4 is 4.74 Å². The monoisotopic (exact) mass is 301 g/mol. The van der Waals surface area contributed by atoms with Crippen LogP contribution in [0.5, 0.6) is 5.75 Å². The van der Waals surface area contributed by atoms with Crippen molar-refractivity contribution in [3.8, 4) is 17.2 Å². The number of likely N-dealkylation sites (tertiary alicyclic amines) is 1. The summed E-state index contributed by atoms with van der Waals surface area (Å²) in [5.74, 6) is 0.992. The maximum Gasteiger partial charge on any atom is 0.311 e. The van der Waals surface area contributed by atoms with Crippen LogP contribution in [0.15, 0.2) is 28.7 Å². The Morgan fingerprint density at radius 3 is 2.41 bits per heavy atom. The largest absolute Gasteiger partial charge is 0.497 e. The maximum atomic E-state index is 12.4. The van der Waals surface area contributed by atoms with Crippen LogP contribution in [0.25, 0.3) is 11.5 Å². The molecular weight excluding hydrogens is 282 g/mol. The van der Waals surface area contributed by atoms with E-state index in [4.69, 9.17) is 9.15 Å². The lowest BCUT2D eigenvalue weighted by atomic mass is 10.2. The van der Waals surface area contributed by atoms with Crippen LogP contribution in [0.2, 0.25) is 0 Å². The predicted octanol–water partition coefficient (Wildman–Crippen LogP) is 2.76. The highest BCUT2D eigenvalue weighted by molar-refractivity contribution is 5.89. The van der Waals surface area contributed by atoms with Gasteiger partial charge in [0.25, 0.3) is 0 Å². The summed E-state index contributed by atoms with van der Waals surface area (Å²) in [6, 6.07) is 7.28. The Balaban J connectivity index is 1.75. The SMILES string of the molecule is COc1ccc(-c2nnc(C(=O)N3CCCCCC3)o2)cc1. The summed E-state index contributed by atoms with van der Waals surface area (Å²) >= 11 is 0. The van der Waals surface area contributed by atoms with Gasteiger partial charge in [-0.3, -0.25) is 4.79 Å². The van der Waals surface area contributed by atoms with Gasteiger partial charge < -0.3 is 14.1 Å². The molecule has 0 atom stereocenters. The van der Waals surface area contributed by atoms with Crippen molar-refractivity contribution in [2.24, 2.45) is 0 Å². The highest BCUT2D eigenvalue weighted by Gasteiger charge is 2.23. The second-order valence-electron chi connectivity index (χ2n) is 5.35. The topological polar surface area (TPSA) is 68.5 Å². The van der Waals surface area contributed by atoms with Crippen LogP contribution in [0.3, 0.4) is 0 Å². The van der Waals surface area contributed by atoms with Gasteiger partial charge >= 0.3 is 11.8 Å². The van der Waals surface area contributed by atoms with Gasteiger partial charge in [-0.2, -0.15) is 0 Å². The Morgan fingerprint density at radius 2 is 1.77 bits per heavy atom. The molecule has 0 spiro atoms. The van der Waals surface area contributed by atoms with Gasteiger partial charge in [-0.25, -0.2) is 0 Å². The summed E-state index contributed by atoms with van der Waals surface area (Å²) in [5.41, 5.74) is 0.767. The van der Waals surface area contributed by atoms with Gasteiger partial charge in [0.15, 0.2) is 0 Å². The van der Waals surface area contributed by atoms with Crippen molar-refractivity contribution in [3.05, 3.63) is 30.2 Å². The zero-order valence-corrected chi connectivity index (χ0v) is 12.6. The number of nitrogens with zero attached hydrogens (tertiary/aromatic N) is 3. The van der Waals surface area contributed by atoms with Crippen molar-refractivity contribution in [2.75, 3.05) is 20.2 Å². The lowest BCUT2D eigenvalue weighted by Gasteiger charge is -2.17. The van der Waals surface area contributed by atoms with E-state index in [-0.39, 0.29) is 11.8 Å². The molecule has 116 valence electrons. The second-order valence-corrected chi connectivity index (χ2v) is 5.35. The molecule has 1 aliphatic rings. The summed E-state index contributed by atoms with van der Waals surface area (Å²) in [7, 11) is 1.61. The zero-order valence-electron chi connectivity index (χ0n) is 12.6. The fourth-order valence-corrected chi connectivity index (χ4v) is 2.57. The van der Waals surface area contributed by atoms with Gasteiger partial charge in [-0.05, 0) is 37.1 Å². The fraction of sp³-hybridized carbons (Fsp3) is 0.438. The number of methoxy groups -OCH3 is 1. The molecule has 3 rings (SSSR count). The molecule has 6 nitrogen and oxygen atoms in total. The predicted molar refractivity (Wildman–Crippen MR) is 80.7 cm³/mol. The fourth-order valence-electron chi connectivity index (χ4n) is 2.57. The van der Waals surface area contributed by atoms with Gasteiger partial charge in [0.05, 0.1) is 7.11 Å². The van der Waals surface area contributed by atoms with E-state index in [2.05, 4.69) is 10.2 Å². The minimum absolute atomic E-state index is 0.0627. The van der Waals surface area contributed by atoms with Gasteiger partial charge in [0, 0.05) is 18.7 Å². The van der Waals surface area contributed by atoms with Crippen LogP contribution in [0.1, 0.15) is 36.4 Å². The number of aromatic nitrogens is 2. The minimum atomic E-state index is -0.172. The molecule has 1 aliphatic heterocycles. The number of rotatable bonds is 3. The van der Waals surface area contributed by atoms with Crippen molar-refractivity contribution in [1.29, 1.82) is 0 Å². The summed E-state index contributed by atoms with van der Waals surface area (Å²) in [5, 5.41) is 7.88. The molecule has 0 bridgehead atoms. The number of carbonyl (C=O) groups excluding carboxylic acids is 1. The van der Waals surface area contributed by atoms with Crippen LogP contribution in [0, 0.1) is 0 Å². The first-order valence-corrected chi connectivity index (χ1v) is 7.55. The third-order valence-corrected chi connectivity index (χ3v) is 3.84. The molecule has 0 radical (unpaired) electrons. The summed E-state index contributed by atoms with van der Waals surface area (Å²) in [4.78, 5) is 14.2. The Bertz CT molecular complexity index is 628. The summed E-state index contributed by atoms with van der Waals surface area (Å²) in [6.45, 7) is 1.53. The van der Waals surface area contributed by atoms with Crippen LogP contribution in [-0.2, 0) is 0 Å². The highest BCUT2D eigenvalue weighted by atomic mass is 16.5. The number of hydrogen-bond donors (Lipinski definition) is 0. The molecule has 0 aliphatic carbocycles. The van der Waals surface area contributed by atoms with Crippen molar-refractivity contribution < 1.29 is 13.9 Å². The summed E-state index contributed by atoms with van der Waals surface area (Å²) in [6.07, 6.45) is 4.41. The molecule has 0 N–H and O–H groups in total. The highest BCUT2D eigenvalue weighted by Crippen LogP contribution is 2.22. The normalized spacial score (nSPS) is 15.4. The molecule has 2 aromatic rings. The Hall–Kier alpha value is -2.37. The van der Waals surface area contributed by atoms with Crippen molar-refractivity contribution in [1.82, 2.24) is 15.1 Å². The Kier molecular flexibility index (Phi) is 4.37. The van der Waals surface area contributed by atoms with Gasteiger partial charge in [0.2, 0.25) is 5.89 Å². The number of amides is 1.